The molecule has 0 fully saturated rings. The van der Waals surface area contributed by atoms with Gasteiger partial charge in [0.05, 0.1) is 11.9 Å². The number of aromatic amines is 1. The van der Waals surface area contributed by atoms with Gasteiger partial charge in [0.15, 0.2) is 0 Å². The Balaban J connectivity index is 1.67. The molecular formula is C18H16FN3O2S. The second-order valence-electron chi connectivity index (χ2n) is 6.18. The molecule has 7 heteroatoms. The first-order valence-electron chi connectivity index (χ1n) is 7.80. The van der Waals surface area contributed by atoms with Crippen LogP contribution in [0, 0.1) is 5.82 Å². The zero-order chi connectivity index (χ0) is 17.6. The van der Waals surface area contributed by atoms with Crippen molar-refractivity contribution >= 4 is 32.3 Å². The summed E-state index contributed by atoms with van der Waals surface area (Å²) in [5, 5.41) is 0.947. The fourth-order valence-electron chi connectivity index (χ4n) is 3.07. The molecule has 5 nitrogen and oxygen atoms in total. The Kier molecular flexibility index (Phi) is 3.70. The molecule has 1 aliphatic heterocycles. The van der Waals surface area contributed by atoms with E-state index in [1.165, 1.54) is 12.1 Å². The first-order chi connectivity index (χ1) is 11.9. The summed E-state index contributed by atoms with van der Waals surface area (Å²) >= 11 is 0. The molecule has 0 amide bonds. The SMILES string of the molecule is CS(=O)(=O)NCC1=Nc2cc(-c3c[nH]c4cc(F)ccc34)ccc2C1. The average Bonchev–Trinajstić information content (AvgIpc) is 3.14. The minimum atomic E-state index is -3.24. The van der Waals surface area contributed by atoms with Crippen molar-refractivity contribution in [2.45, 2.75) is 6.42 Å². The summed E-state index contributed by atoms with van der Waals surface area (Å²) in [6.07, 6.45) is 3.63. The van der Waals surface area contributed by atoms with Gasteiger partial charge in [0.25, 0.3) is 0 Å². The number of aromatic nitrogens is 1. The molecule has 4 rings (SSSR count). The number of hydrogen-bond donors (Lipinski definition) is 2. The fourth-order valence-corrected chi connectivity index (χ4v) is 3.50. The lowest BCUT2D eigenvalue weighted by atomic mass is 10.0. The first kappa shape index (κ1) is 16.0. The zero-order valence-corrected chi connectivity index (χ0v) is 14.3. The van der Waals surface area contributed by atoms with Gasteiger partial charge in [0.2, 0.25) is 10.0 Å². The average molecular weight is 357 g/mol. The van der Waals surface area contributed by atoms with Gasteiger partial charge in [-0.05, 0) is 35.4 Å². The van der Waals surface area contributed by atoms with Crippen molar-refractivity contribution in [3.8, 4) is 11.1 Å². The van der Waals surface area contributed by atoms with Crippen LogP contribution in [-0.4, -0.2) is 31.9 Å². The number of aliphatic imine (C=N–C) groups is 1. The predicted octanol–water partition coefficient (Wildman–Crippen LogP) is 3.15. The van der Waals surface area contributed by atoms with Gasteiger partial charge in [-0.2, -0.15) is 0 Å². The highest BCUT2D eigenvalue weighted by Gasteiger charge is 2.17. The van der Waals surface area contributed by atoms with Crippen LogP contribution in [0.4, 0.5) is 10.1 Å². The van der Waals surface area contributed by atoms with Crippen molar-refractivity contribution in [1.29, 1.82) is 0 Å². The van der Waals surface area contributed by atoms with Crippen molar-refractivity contribution in [3.63, 3.8) is 0 Å². The molecule has 0 spiro atoms. The Morgan fingerprint density at radius 1 is 1.24 bits per heavy atom. The standard InChI is InChI=1S/C18H16FN3O2S/c1-25(23,24)21-9-14-6-12-3-2-11(7-17(12)22-14)16-10-20-18-8-13(19)4-5-15(16)18/h2-5,7-8,10,20-21H,6,9H2,1H3. The first-order valence-corrected chi connectivity index (χ1v) is 9.69. The number of rotatable bonds is 4. The maximum Gasteiger partial charge on any atom is 0.209 e. The van der Waals surface area contributed by atoms with Crippen LogP contribution in [0.15, 0.2) is 47.6 Å². The Bertz CT molecular complexity index is 1120. The van der Waals surface area contributed by atoms with Crippen LogP contribution in [0.25, 0.3) is 22.0 Å². The van der Waals surface area contributed by atoms with Crippen molar-refractivity contribution in [3.05, 3.63) is 54.0 Å². The summed E-state index contributed by atoms with van der Waals surface area (Å²) < 4.78 is 38.3. The third-order valence-corrected chi connectivity index (χ3v) is 4.92. The molecule has 1 aromatic heterocycles. The highest BCUT2D eigenvalue weighted by Crippen LogP contribution is 2.35. The van der Waals surface area contributed by atoms with Crippen molar-refractivity contribution < 1.29 is 12.8 Å². The maximum atomic E-state index is 13.3. The lowest BCUT2D eigenvalue weighted by Crippen LogP contribution is -2.28. The van der Waals surface area contributed by atoms with E-state index in [9.17, 15) is 12.8 Å². The monoisotopic (exact) mass is 357 g/mol. The molecule has 1 aliphatic rings. The lowest BCUT2D eigenvalue weighted by molar-refractivity contribution is 0.592. The van der Waals surface area contributed by atoms with E-state index in [1.54, 1.807) is 6.07 Å². The highest BCUT2D eigenvalue weighted by molar-refractivity contribution is 7.88. The fraction of sp³-hybridized carbons (Fsp3) is 0.167. The van der Waals surface area contributed by atoms with Gasteiger partial charge < -0.3 is 4.98 Å². The van der Waals surface area contributed by atoms with Gasteiger partial charge in [-0.15, -0.1) is 0 Å². The number of fused-ring (bicyclic) bond motifs is 2. The molecule has 128 valence electrons. The Hall–Kier alpha value is -2.51. The van der Waals surface area contributed by atoms with E-state index in [0.717, 1.165) is 45.2 Å². The Labute approximate surface area is 144 Å². The second kappa shape index (κ2) is 5.79. The summed E-state index contributed by atoms with van der Waals surface area (Å²) in [7, 11) is -3.24. The zero-order valence-electron chi connectivity index (χ0n) is 13.5. The van der Waals surface area contributed by atoms with E-state index in [4.69, 9.17) is 0 Å². The molecule has 25 heavy (non-hydrogen) atoms. The molecule has 0 saturated carbocycles. The summed E-state index contributed by atoms with van der Waals surface area (Å²) in [5.74, 6) is -0.275. The van der Waals surface area contributed by atoms with Gasteiger partial charge in [-0.3, -0.25) is 4.99 Å². The van der Waals surface area contributed by atoms with Crippen LogP contribution >= 0.6 is 0 Å². The molecule has 0 aliphatic carbocycles. The molecule has 2 aromatic carbocycles. The van der Waals surface area contributed by atoms with Crippen LogP contribution in [0.1, 0.15) is 5.56 Å². The molecule has 0 saturated heterocycles. The van der Waals surface area contributed by atoms with Crippen molar-refractivity contribution in [2.24, 2.45) is 4.99 Å². The molecule has 0 radical (unpaired) electrons. The third kappa shape index (κ3) is 3.20. The van der Waals surface area contributed by atoms with Crippen LogP contribution in [0.3, 0.4) is 0 Å². The predicted molar refractivity (Wildman–Crippen MR) is 97.3 cm³/mol. The summed E-state index contributed by atoms with van der Waals surface area (Å²) in [6.45, 7) is 0.217. The smallest absolute Gasteiger partial charge is 0.209 e. The number of nitrogens with one attached hydrogen (secondary N) is 2. The summed E-state index contributed by atoms with van der Waals surface area (Å²) in [5.41, 5.74) is 5.42. The summed E-state index contributed by atoms with van der Waals surface area (Å²) in [6, 6.07) is 10.7. The van der Waals surface area contributed by atoms with Gasteiger partial charge in [-0.1, -0.05) is 12.1 Å². The molecule has 0 bridgehead atoms. The van der Waals surface area contributed by atoms with Crippen LogP contribution in [0.5, 0.6) is 0 Å². The molecule has 3 aromatic rings. The number of halogens is 1. The van der Waals surface area contributed by atoms with Crippen LogP contribution in [-0.2, 0) is 16.4 Å². The minimum absolute atomic E-state index is 0.217. The number of nitrogens with zero attached hydrogens (tertiary/aromatic N) is 1. The molecule has 2 heterocycles. The van der Waals surface area contributed by atoms with E-state index in [0.29, 0.717) is 6.42 Å². The molecule has 0 unspecified atom stereocenters. The van der Waals surface area contributed by atoms with Crippen molar-refractivity contribution in [2.75, 3.05) is 12.8 Å². The van der Waals surface area contributed by atoms with E-state index >= 15 is 0 Å². The topological polar surface area (TPSA) is 74.3 Å². The quantitative estimate of drug-likeness (QED) is 0.753. The Morgan fingerprint density at radius 3 is 2.88 bits per heavy atom. The summed E-state index contributed by atoms with van der Waals surface area (Å²) in [4.78, 5) is 7.63. The molecular weight excluding hydrogens is 341 g/mol. The molecule has 0 atom stereocenters. The third-order valence-electron chi connectivity index (χ3n) is 4.25. The molecule has 2 N–H and O–H groups in total. The van der Waals surface area contributed by atoms with E-state index in [1.807, 2.05) is 24.4 Å². The highest BCUT2D eigenvalue weighted by atomic mass is 32.2. The van der Waals surface area contributed by atoms with Gasteiger partial charge in [0, 0.05) is 41.3 Å². The number of sulfonamides is 1. The van der Waals surface area contributed by atoms with Crippen molar-refractivity contribution in [1.82, 2.24) is 9.71 Å². The van der Waals surface area contributed by atoms with E-state index < -0.39 is 10.0 Å². The Morgan fingerprint density at radius 2 is 2.08 bits per heavy atom. The second-order valence-corrected chi connectivity index (χ2v) is 8.02. The normalized spacial score (nSPS) is 13.9. The van der Waals surface area contributed by atoms with Crippen LogP contribution in [0.2, 0.25) is 0 Å². The van der Waals surface area contributed by atoms with Crippen LogP contribution < -0.4 is 4.72 Å². The van der Waals surface area contributed by atoms with Gasteiger partial charge in [-0.25, -0.2) is 17.5 Å². The number of benzene rings is 2. The van der Waals surface area contributed by atoms with E-state index in [2.05, 4.69) is 14.7 Å². The minimum Gasteiger partial charge on any atom is -0.360 e. The maximum absolute atomic E-state index is 13.3. The van der Waals surface area contributed by atoms with E-state index in [-0.39, 0.29) is 12.4 Å². The number of H-pyrrole nitrogens is 1. The lowest BCUT2D eigenvalue weighted by Gasteiger charge is -2.03. The largest absolute Gasteiger partial charge is 0.360 e. The van der Waals surface area contributed by atoms with Gasteiger partial charge >= 0.3 is 0 Å². The van der Waals surface area contributed by atoms with Gasteiger partial charge in [0.1, 0.15) is 5.82 Å². The number of hydrogen-bond acceptors (Lipinski definition) is 3.